The van der Waals surface area contributed by atoms with E-state index < -0.39 is 0 Å². The van der Waals surface area contributed by atoms with E-state index in [9.17, 15) is 0 Å². The maximum absolute atomic E-state index is 5.44. The fourth-order valence-corrected chi connectivity index (χ4v) is 3.61. The molecule has 0 aromatic carbocycles. The summed E-state index contributed by atoms with van der Waals surface area (Å²) in [6.07, 6.45) is 8.03. The molecule has 6 nitrogen and oxygen atoms in total. The van der Waals surface area contributed by atoms with Gasteiger partial charge in [0, 0.05) is 24.2 Å². The lowest BCUT2D eigenvalue weighted by atomic mass is 9.97. The quantitative estimate of drug-likeness (QED) is 0.853. The highest BCUT2D eigenvalue weighted by Crippen LogP contribution is 2.30. The second-order valence-corrected chi connectivity index (χ2v) is 7.79. The lowest BCUT2D eigenvalue weighted by molar-refractivity contribution is 0.320. The first-order valence-corrected chi connectivity index (χ1v) is 8.66. The largest absolute Gasteiger partial charge is 0.337 e. The van der Waals surface area contributed by atoms with Crippen molar-refractivity contribution in [3.05, 3.63) is 23.6 Å². The third-order valence-corrected chi connectivity index (χ3v) is 4.96. The first-order valence-electron chi connectivity index (χ1n) is 8.66. The minimum atomic E-state index is -0.103. The van der Waals surface area contributed by atoms with Crippen molar-refractivity contribution in [2.75, 3.05) is 18.0 Å². The van der Waals surface area contributed by atoms with E-state index >= 15 is 0 Å². The van der Waals surface area contributed by atoms with Crippen LogP contribution in [0.15, 0.2) is 10.9 Å². The van der Waals surface area contributed by atoms with Gasteiger partial charge in [-0.15, -0.1) is 0 Å². The lowest BCUT2D eigenvalue weighted by Gasteiger charge is -2.19. The number of hydrogen-bond donors (Lipinski definition) is 0. The van der Waals surface area contributed by atoms with E-state index in [4.69, 9.17) is 4.52 Å². The standard InChI is InChI=1S/C17H25N5O/c1-17(2,3)15-19-16(20-23-15)21-9-8-12(10-21)22-11-18-13-6-4-5-7-14(13)22/h11-12H,4-10H2,1-3H3/t12-/m1/s1. The number of aryl methyl sites for hydroxylation is 1. The van der Waals surface area contributed by atoms with Crippen LogP contribution < -0.4 is 4.90 Å². The molecule has 0 N–H and O–H groups in total. The van der Waals surface area contributed by atoms with Crippen molar-refractivity contribution >= 4 is 5.95 Å². The third-order valence-electron chi connectivity index (χ3n) is 4.96. The van der Waals surface area contributed by atoms with Crippen molar-refractivity contribution in [1.29, 1.82) is 0 Å². The van der Waals surface area contributed by atoms with Gasteiger partial charge in [-0.3, -0.25) is 0 Å². The maximum atomic E-state index is 5.44. The predicted octanol–water partition coefficient (Wildman–Crippen LogP) is 2.89. The first kappa shape index (κ1) is 14.7. The Bertz CT molecular complexity index is 696. The molecule has 2 aromatic heterocycles. The van der Waals surface area contributed by atoms with E-state index in [1.165, 1.54) is 30.7 Å². The van der Waals surface area contributed by atoms with Crippen molar-refractivity contribution < 1.29 is 4.52 Å². The van der Waals surface area contributed by atoms with E-state index in [2.05, 4.69) is 45.4 Å². The van der Waals surface area contributed by atoms with Crippen LogP contribution in [0.4, 0.5) is 5.95 Å². The summed E-state index contributed by atoms with van der Waals surface area (Å²) in [5, 5.41) is 4.18. The van der Waals surface area contributed by atoms with Crippen LogP contribution in [0, 0.1) is 0 Å². The van der Waals surface area contributed by atoms with E-state index in [1.54, 1.807) is 0 Å². The van der Waals surface area contributed by atoms with E-state index in [-0.39, 0.29) is 5.41 Å². The maximum Gasteiger partial charge on any atom is 0.266 e. The molecule has 0 radical (unpaired) electrons. The molecule has 0 bridgehead atoms. The Morgan fingerprint density at radius 1 is 1.22 bits per heavy atom. The topological polar surface area (TPSA) is 60.0 Å². The van der Waals surface area contributed by atoms with E-state index in [0.29, 0.717) is 11.9 Å². The second kappa shape index (κ2) is 5.35. The Balaban J connectivity index is 1.51. The number of fused-ring (bicyclic) bond motifs is 1. The average molecular weight is 315 g/mol. The molecule has 0 spiro atoms. The highest BCUT2D eigenvalue weighted by Gasteiger charge is 2.31. The summed E-state index contributed by atoms with van der Waals surface area (Å²) in [4.78, 5) is 11.5. The number of hydrogen-bond acceptors (Lipinski definition) is 5. The molecule has 1 aliphatic carbocycles. The SMILES string of the molecule is CC(C)(C)c1nc(N2CC[C@@H](n3cnc4c3CCCC4)C2)no1. The molecule has 6 heteroatoms. The molecule has 23 heavy (non-hydrogen) atoms. The molecule has 0 saturated carbocycles. The van der Waals surface area contributed by atoms with Crippen LogP contribution in [0.5, 0.6) is 0 Å². The molecule has 3 heterocycles. The normalized spacial score (nSPS) is 21.7. The van der Waals surface area contributed by atoms with Gasteiger partial charge in [-0.1, -0.05) is 20.8 Å². The molecule has 1 saturated heterocycles. The summed E-state index contributed by atoms with van der Waals surface area (Å²) in [7, 11) is 0. The molecule has 124 valence electrons. The van der Waals surface area contributed by atoms with Crippen molar-refractivity contribution in [1.82, 2.24) is 19.7 Å². The van der Waals surface area contributed by atoms with Crippen LogP contribution in [0.25, 0.3) is 0 Å². The molecule has 2 aromatic rings. The molecule has 0 amide bonds. The van der Waals surface area contributed by atoms with Crippen LogP contribution in [-0.4, -0.2) is 32.8 Å². The minimum absolute atomic E-state index is 0.103. The Kier molecular flexibility index (Phi) is 3.43. The third kappa shape index (κ3) is 2.64. The average Bonchev–Trinajstić information content (AvgIpc) is 3.24. The summed E-state index contributed by atoms with van der Waals surface area (Å²) in [6.45, 7) is 8.19. The van der Waals surface area contributed by atoms with Crippen LogP contribution in [0.1, 0.15) is 63.4 Å². The molecule has 1 fully saturated rings. The number of imidazole rings is 1. The fourth-order valence-electron chi connectivity index (χ4n) is 3.61. The molecule has 0 unspecified atom stereocenters. The van der Waals surface area contributed by atoms with Gasteiger partial charge in [-0.05, 0) is 37.3 Å². The summed E-state index contributed by atoms with van der Waals surface area (Å²) >= 11 is 0. The van der Waals surface area contributed by atoms with Crippen molar-refractivity contribution in [3.8, 4) is 0 Å². The van der Waals surface area contributed by atoms with Gasteiger partial charge in [0.25, 0.3) is 5.95 Å². The molecule has 1 aliphatic heterocycles. The van der Waals surface area contributed by atoms with Gasteiger partial charge in [0.1, 0.15) is 0 Å². The van der Waals surface area contributed by atoms with Gasteiger partial charge < -0.3 is 14.0 Å². The highest BCUT2D eigenvalue weighted by molar-refractivity contribution is 5.31. The van der Waals surface area contributed by atoms with Crippen LogP contribution in [0.2, 0.25) is 0 Å². The van der Waals surface area contributed by atoms with Gasteiger partial charge in [0.15, 0.2) is 0 Å². The minimum Gasteiger partial charge on any atom is -0.337 e. The highest BCUT2D eigenvalue weighted by atomic mass is 16.5. The summed E-state index contributed by atoms with van der Waals surface area (Å²) in [5.41, 5.74) is 2.66. The zero-order chi connectivity index (χ0) is 16.0. The van der Waals surface area contributed by atoms with E-state index in [1.807, 2.05) is 6.33 Å². The molecular weight excluding hydrogens is 290 g/mol. The van der Waals surface area contributed by atoms with Crippen LogP contribution in [-0.2, 0) is 18.3 Å². The fraction of sp³-hybridized carbons (Fsp3) is 0.706. The van der Waals surface area contributed by atoms with Crippen molar-refractivity contribution in [2.24, 2.45) is 0 Å². The second-order valence-electron chi connectivity index (χ2n) is 7.79. The van der Waals surface area contributed by atoms with Crippen LogP contribution >= 0.6 is 0 Å². The smallest absolute Gasteiger partial charge is 0.266 e. The number of aromatic nitrogens is 4. The van der Waals surface area contributed by atoms with Gasteiger partial charge in [-0.25, -0.2) is 4.98 Å². The zero-order valence-electron chi connectivity index (χ0n) is 14.2. The van der Waals surface area contributed by atoms with E-state index in [0.717, 1.165) is 31.9 Å². The summed E-state index contributed by atoms with van der Waals surface area (Å²) < 4.78 is 7.84. The Morgan fingerprint density at radius 3 is 2.83 bits per heavy atom. The Morgan fingerprint density at radius 2 is 2.04 bits per heavy atom. The van der Waals surface area contributed by atoms with Gasteiger partial charge in [-0.2, -0.15) is 4.98 Å². The molecule has 1 atom stereocenters. The van der Waals surface area contributed by atoms with Gasteiger partial charge >= 0.3 is 0 Å². The van der Waals surface area contributed by atoms with Gasteiger partial charge in [0.2, 0.25) is 5.89 Å². The zero-order valence-corrected chi connectivity index (χ0v) is 14.2. The number of rotatable bonds is 2. The van der Waals surface area contributed by atoms with Crippen molar-refractivity contribution in [3.63, 3.8) is 0 Å². The summed E-state index contributed by atoms with van der Waals surface area (Å²) in [5.74, 6) is 1.43. The molecule has 4 rings (SSSR count). The first-order chi connectivity index (χ1) is 11.0. The lowest BCUT2D eigenvalue weighted by Crippen LogP contribution is -2.23. The van der Waals surface area contributed by atoms with Gasteiger partial charge in [0.05, 0.1) is 18.1 Å². The number of nitrogens with zero attached hydrogens (tertiary/aromatic N) is 5. The number of anilines is 1. The van der Waals surface area contributed by atoms with Crippen molar-refractivity contribution in [2.45, 2.75) is 64.3 Å². The molecule has 2 aliphatic rings. The monoisotopic (exact) mass is 315 g/mol. The molecular formula is C17H25N5O. The summed E-state index contributed by atoms with van der Waals surface area (Å²) in [6, 6.07) is 0.473. The Hall–Kier alpha value is -1.85. The predicted molar refractivity (Wildman–Crippen MR) is 87.7 cm³/mol. The van der Waals surface area contributed by atoms with Crippen LogP contribution in [0.3, 0.4) is 0 Å². The Labute approximate surface area is 136 Å².